The quantitative estimate of drug-likeness (QED) is 0.0589. The van der Waals surface area contributed by atoms with Gasteiger partial charge in [-0.25, -0.2) is 0 Å². The Morgan fingerprint density at radius 1 is 0.608 bits per heavy atom. The van der Waals surface area contributed by atoms with Crippen LogP contribution in [0.3, 0.4) is 0 Å². The molecule has 74 heavy (non-hydrogen) atoms. The number of fused-ring (bicyclic) bond motifs is 2. The van der Waals surface area contributed by atoms with Gasteiger partial charge in [0.2, 0.25) is 5.91 Å². The molecule has 15 heteroatoms. The number of carboxylic acid groups (broad SMARTS) is 1. The van der Waals surface area contributed by atoms with Gasteiger partial charge in [0, 0.05) is 67.5 Å². The number of hydrogen-bond acceptors (Lipinski definition) is 13. The number of aliphatic carboxylic acids is 1. The van der Waals surface area contributed by atoms with Crippen molar-refractivity contribution in [2.45, 2.75) is 108 Å². The highest BCUT2D eigenvalue weighted by atomic mass is 32.1. The molecule has 2 saturated carbocycles. The fourth-order valence-electron chi connectivity index (χ4n) is 10.5. The van der Waals surface area contributed by atoms with Crippen molar-refractivity contribution in [1.82, 2.24) is 15.1 Å². The number of carbonyl (C=O) groups excluding carboxylic acids is 1. The first kappa shape index (κ1) is 53.6. The van der Waals surface area contributed by atoms with Crippen LogP contribution in [0, 0.1) is 11.8 Å². The van der Waals surface area contributed by atoms with Gasteiger partial charge in [-0.2, -0.15) is 0 Å². The van der Waals surface area contributed by atoms with Gasteiger partial charge in [-0.15, -0.1) is 22.7 Å². The van der Waals surface area contributed by atoms with Gasteiger partial charge >= 0.3 is 5.97 Å². The normalized spacial score (nSPS) is 21.5. The molecule has 12 rings (SSSR count). The van der Waals surface area contributed by atoms with Crippen molar-refractivity contribution in [3.63, 3.8) is 0 Å². The fourth-order valence-corrected chi connectivity index (χ4v) is 12.2. The lowest BCUT2D eigenvalue weighted by molar-refractivity contribution is -0.141. The Morgan fingerprint density at radius 2 is 1.07 bits per heavy atom. The molecule has 6 aliphatic rings. The molecule has 13 nitrogen and oxygen atoms in total. The van der Waals surface area contributed by atoms with E-state index in [1.54, 1.807) is 22.7 Å². The summed E-state index contributed by atoms with van der Waals surface area (Å²) in [6.07, 6.45) is 10.4. The van der Waals surface area contributed by atoms with E-state index in [1.165, 1.54) is 51.5 Å². The number of nitrogens with zero attached hydrogens (tertiary/aromatic N) is 4. The van der Waals surface area contributed by atoms with E-state index < -0.39 is 18.2 Å². The second kappa shape index (κ2) is 25.1. The minimum Gasteiger partial charge on any atom is -0.490 e. The lowest BCUT2D eigenvalue weighted by Gasteiger charge is -2.30. The van der Waals surface area contributed by atoms with Crippen LogP contribution in [0.4, 0.5) is 11.4 Å². The largest absolute Gasteiger partial charge is 0.490 e. The lowest BCUT2D eigenvalue weighted by atomic mass is 10.00. The molecule has 0 radical (unpaired) electrons. The van der Waals surface area contributed by atoms with Crippen LogP contribution < -0.4 is 30.3 Å². The number of ether oxygens (including phenoxy) is 2. The molecule has 4 aliphatic heterocycles. The minimum absolute atomic E-state index is 0. The number of likely N-dealkylation sites (tertiary alicyclic amines) is 2. The van der Waals surface area contributed by atoms with Crippen molar-refractivity contribution in [2.24, 2.45) is 17.6 Å². The Hall–Kier alpha value is -5.26. The third kappa shape index (κ3) is 14.2. The van der Waals surface area contributed by atoms with E-state index in [-0.39, 0.29) is 38.7 Å². The third-order valence-electron chi connectivity index (χ3n) is 15.2. The van der Waals surface area contributed by atoms with Crippen LogP contribution in [0.2, 0.25) is 0 Å². The molecule has 4 saturated heterocycles. The summed E-state index contributed by atoms with van der Waals surface area (Å²) in [7, 11) is 0. The van der Waals surface area contributed by atoms with E-state index in [1.807, 2.05) is 48.5 Å². The summed E-state index contributed by atoms with van der Waals surface area (Å²) in [4.78, 5) is 33.5. The number of nitrogens with two attached hydrogens (primary N) is 1. The van der Waals surface area contributed by atoms with E-state index in [4.69, 9.17) is 20.3 Å². The highest BCUT2D eigenvalue weighted by Crippen LogP contribution is 2.34. The van der Waals surface area contributed by atoms with Crippen molar-refractivity contribution in [3.05, 3.63) is 119 Å². The second-order valence-corrected chi connectivity index (χ2v) is 22.8. The number of carboxylic acids is 1. The number of aliphatic hydroxyl groups excluding tert-OH is 2. The van der Waals surface area contributed by atoms with Gasteiger partial charge in [0.05, 0.1) is 36.2 Å². The first-order valence-corrected chi connectivity index (χ1v) is 28.4. The summed E-state index contributed by atoms with van der Waals surface area (Å²) in [5, 5.41) is 40.6. The van der Waals surface area contributed by atoms with Crippen molar-refractivity contribution in [2.75, 3.05) is 75.2 Å². The van der Waals surface area contributed by atoms with E-state index in [9.17, 15) is 19.8 Å². The maximum atomic E-state index is 13.4. The maximum Gasteiger partial charge on any atom is 0.308 e. The predicted molar refractivity (Wildman–Crippen MR) is 302 cm³/mol. The number of hydrogen-bond donors (Lipinski definition) is 5. The molecule has 2 aliphatic carbocycles. The minimum atomic E-state index is -0.761. The van der Waals surface area contributed by atoms with Gasteiger partial charge in [0.25, 0.3) is 0 Å². The van der Waals surface area contributed by atoms with Gasteiger partial charge in [-0.3, -0.25) is 9.59 Å². The molecule has 6 aromatic rings. The Bertz CT molecular complexity index is 2740. The summed E-state index contributed by atoms with van der Waals surface area (Å²) in [5.74, 6) is 0.814. The average molecular weight is 1050 g/mol. The number of anilines is 2. The van der Waals surface area contributed by atoms with Crippen molar-refractivity contribution in [1.29, 1.82) is 0 Å². The zero-order valence-corrected chi connectivity index (χ0v) is 43.4. The summed E-state index contributed by atoms with van der Waals surface area (Å²) in [6, 6.07) is 32.0. The molecule has 4 aromatic carbocycles. The van der Waals surface area contributed by atoms with Crippen LogP contribution in [-0.4, -0.2) is 127 Å². The van der Waals surface area contributed by atoms with Crippen LogP contribution in [0.25, 0.3) is 20.2 Å². The second-order valence-electron chi connectivity index (χ2n) is 20.9. The highest BCUT2D eigenvalue weighted by Gasteiger charge is 2.34. The van der Waals surface area contributed by atoms with Crippen molar-refractivity contribution in [3.8, 4) is 11.5 Å². The average Bonchev–Trinajstić information content (AvgIpc) is 3.92. The molecular weight excluding hydrogens is 969 g/mol. The summed E-state index contributed by atoms with van der Waals surface area (Å²) < 4.78 is 14.1. The van der Waals surface area contributed by atoms with Gasteiger partial charge in [-0.1, -0.05) is 43.8 Å². The van der Waals surface area contributed by atoms with Crippen LogP contribution in [0.5, 0.6) is 11.5 Å². The molecule has 6 heterocycles. The maximum absolute atomic E-state index is 13.4. The van der Waals surface area contributed by atoms with Gasteiger partial charge < -0.3 is 55.4 Å². The number of aliphatic hydroxyl groups is 2. The van der Waals surface area contributed by atoms with Crippen LogP contribution in [0.1, 0.15) is 96.4 Å². The third-order valence-corrected chi connectivity index (χ3v) is 17.0. The Labute approximate surface area is 446 Å². The number of rotatable bonds is 17. The Balaban J connectivity index is 0.000000162. The van der Waals surface area contributed by atoms with Crippen molar-refractivity contribution < 1.29 is 35.8 Å². The summed E-state index contributed by atoms with van der Waals surface area (Å²) >= 11 is 3.48. The molecule has 6 atom stereocenters. The predicted octanol–water partition coefficient (Wildman–Crippen LogP) is 9.96. The zero-order valence-electron chi connectivity index (χ0n) is 41.8. The standard InChI is InChI=1S/C29H35N3O3S.C16H24N2O2.C13H13NO2S.CH4.H2/c33-28(21-4-7-24(8-5-21)35-25-9-10-25)26(19-31-13-1-2-14-31)30-29(34)22-11-15-32(18-22)23-6-3-20-12-16-36-27(20)17-23;17-15(11-18-9-1-2-10-18)16(19)12-3-5-13(6-4-12)20-14-7-8-14;15-13(16)10-3-5-14(8-10)11-2-1-9-4-6-17-12(9)7-11;;/h3-8,12,16-17,22,25-26,28,33H,1-2,9-11,13-15,18-19H2,(H,30,34);3-6,14-16,19H,1-2,7-11,17H2;1-2,4,6-7,10H,3,5,8H2,(H,15,16);1H4;1H/t22-,26-,28-;15-,16-;10-;;/m111../s1. The van der Waals surface area contributed by atoms with E-state index >= 15 is 0 Å². The smallest absolute Gasteiger partial charge is 0.308 e. The number of benzene rings is 4. The first-order valence-electron chi connectivity index (χ1n) is 26.7. The zero-order chi connectivity index (χ0) is 50.3. The molecule has 2 aromatic heterocycles. The van der Waals surface area contributed by atoms with E-state index in [0.29, 0.717) is 31.8 Å². The highest BCUT2D eigenvalue weighted by molar-refractivity contribution is 7.17. The summed E-state index contributed by atoms with van der Waals surface area (Å²) in [6.45, 7) is 8.74. The SMILES string of the molecule is C.N[C@H](CN1CCCC1)[C@H](O)c1ccc(OC2CC2)cc1.O=C(N[C@H](CN1CCCC1)[C@H](O)c1ccc(OC2CC2)cc1)[C@@H]1CCN(c2ccc3ccsc3c2)C1.O=C(O)[C@@H]1CCN(c2ccc3ccsc3c2)C1.[HH]. The van der Waals surface area contributed by atoms with Crippen LogP contribution >= 0.6 is 22.7 Å². The molecule has 0 unspecified atom stereocenters. The molecule has 398 valence electrons. The van der Waals surface area contributed by atoms with Gasteiger partial charge in [-0.05, 0) is 184 Å². The number of thiophene rings is 2. The fraction of sp³-hybridized carbons (Fsp3) is 0.492. The molecule has 6 fully saturated rings. The van der Waals surface area contributed by atoms with E-state index in [0.717, 1.165) is 113 Å². The molecule has 1 amide bonds. The monoisotopic (exact) mass is 1050 g/mol. The first-order chi connectivity index (χ1) is 35.6. The van der Waals surface area contributed by atoms with Crippen LogP contribution in [-0.2, 0) is 9.59 Å². The van der Waals surface area contributed by atoms with Gasteiger partial charge in [0.1, 0.15) is 17.6 Å². The lowest BCUT2D eigenvalue weighted by Crippen LogP contribution is -2.48. The topological polar surface area (TPSA) is 164 Å². The molecular formula is C59H78N6O7S2. The number of nitrogens with one attached hydrogen (secondary N) is 1. The van der Waals surface area contributed by atoms with Crippen LogP contribution in [0.15, 0.2) is 108 Å². The molecule has 0 bridgehead atoms. The molecule has 6 N–H and O–H groups in total. The summed E-state index contributed by atoms with van der Waals surface area (Å²) in [5.41, 5.74) is 10.2. The number of amides is 1. The Morgan fingerprint density at radius 3 is 1.54 bits per heavy atom. The van der Waals surface area contributed by atoms with E-state index in [2.05, 4.69) is 84.2 Å². The molecule has 0 spiro atoms. The number of carbonyl (C=O) groups is 2. The Kier molecular flexibility index (Phi) is 18.1. The van der Waals surface area contributed by atoms with Gasteiger partial charge in [0.15, 0.2) is 0 Å². The van der Waals surface area contributed by atoms with Crippen molar-refractivity contribution >= 4 is 66.1 Å².